The van der Waals surface area contributed by atoms with E-state index in [1.54, 1.807) is 12.5 Å². The smallest absolute Gasteiger partial charge is 0.129 e. The van der Waals surface area contributed by atoms with Gasteiger partial charge in [0.05, 0.1) is 12.0 Å². The lowest BCUT2D eigenvalue weighted by Crippen LogP contribution is -2.03. The SMILES string of the molecule is CC(C)=C(c1cc(Cl)ccc1OCc1ccc(Cl)cc1)n1ccnc1. The normalized spacial score (nSPS) is 10.6. The molecule has 0 fully saturated rings. The Labute approximate surface area is 157 Å². The summed E-state index contributed by atoms with van der Waals surface area (Å²) in [7, 11) is 0. The monoisotopic (exact) mass is 372 g/mol. The summed E-state index contributed by atoms with van der Waals surface area (Å²) in [6, 6.07) is 13.3. The summed E-state index contributed by atoms with van der Waals surface area (Å²) in [5.74, 6) is 0.768. The average molecular weight is 373 g/mol. The van der Waals surface area contributed by atoms with Crippen LogP contribution in [0.3, 0.4) is 0 Å². The summed E-state index contributed by atoms with van der Waals surface area (Å²) in [5, 5.41) is 1.37. The Morgan fingerprint density at radius 3 is 2.40 bits per heavy atom. The van der Waals surface area contributed by atoms with Crippen molar-refractivity contribution in [3.05, 3.63) is 87.9 Å². The maximum Gasteiger partial charge on any atom is 0.129 e. The Balaban J connectivity index is 1.95. The lowest BCUT2D eigenvalue weighted by Gasteiger charge is -2.17. The Bertz CT molecular complexity index is 881. The van der Waals surface area contributed by atoms with Crippen LogP contribution in [0.4, 0.5) is 0 Å². The minimum absolute atomic E-state index is 0.450. The third-order valence-corrected chi connectivity index (χ3v) is 4.23. The van der Waals surface area contributed by atoms with Gasteiger partial charge in [0.25, 0.3) is 0 Å². The topological polar surface area (TPSA) is 27.1 Å². The molecule has 0 aliphatic rings. The van der Waals surface area contributed by atoms with E-state index in [2.05, 4.69) is 18.8 Å². The molecule has 3 nitrogen and oxygen atoms in total. The number of halogens is 2. The van der Waals surface area contributed by atoms with Gasteiger partial charge < -0.3 is 9.30 Å². The second-order valence-corrected chi connectivity index (χ2v) is 6.75. The highest BCUT2D eigenvalue weighted by Crippen LogP contribution is 2.32. The van der Waals surface area contributed by atoms with Crippen molar-refractivity contribution < 1.29 is 4.74 Å². The molecule has 0 saturated carbocycles. The van der Waals surface area contributed by atoms with Crippen LogP contribution in [0.2, 0.25) is 10.0 Å². The zero-order valence-electron chi connectivity index (χ0n) is 14.0. The largest absolute Gasteiger partial charge is 0.488 e. The Morgan fingerprint density at radius 2 is 1.76 bits per heavy atom. The first-order chi connectivity index (χ1) is 12.0. The molecule has 0 atom stereocenters. The van der Waals surface area contributed by atoms with Crippen LogP contribution in [0.1, 0.15) is 25.0 Å². The summed E-state index contributed by atoms with van der Waals surface area (Å²) < 4.78 is 8.05. The molecule has 0 aliphatic carbocycles. The zero-order chi connectivity index (χ0) is 17.8. The standard InChI is InChI=1S/C20H18Cl2N2O/c1-14(2)20(24-10-9-23-13-24)18-11-17(22)7-8-19(18)25-12-15-3-5-16(21)6-4-15/h3-11,13H,12H2,1-2H3. The van der Waals surface area contributed by atoms with E-state index in [4.69, 9.17) is 27.9 Å². The minimum atomic E-state index is 0.450. The molecule has 0 amide bonds. The molecule has 0 N–H and O–H groups in total. The van der Waals surface area contributed by atoms with Crippen LogP contribution < -0.4 is 4.74 Å². The summed E-state index contributed by atoms with van der Waals surface area (Å²) in [6.07, 6.45) is 5.43. The number of hydrogen-bond acceptors (Lipinski definition) is 2. The van der Waals surface area contributed by atoms with Gasteiger partial charge in [-0.05, 0) is 49.7 Å². The number of hydrogen-bond donors (Lipinski definition) is 0. The van der Waals surface area contributed by atoms with Crippen LogP contribution in [-0.2, 0) is 6.61 Å². The molecule has 5 heteroatoms. The lowest BCUT2D eigenvalue weighted by molar-refractivity contribution is 0.305. The summed E-state index contributed by atoms with van der Waals surface area (Å²) in [4.78, 5) is 4.15. The number of benzene rings is 2. The number of rotatable bonds is 5. The van der Waals surface area contributed by atoms with Gasteiger partial charge in [0.2, 0.25) is 0 Å². The van der Waals surface area contributed by atoms with Crippen molar-refractivity contribution in [1.29, 1.82) is 0 Å². The molecule has 0 bridgehead atoms. The molecule has 128 valence electrons. The highest BCUT2D eigenvalue weighted by molar-refractivity contribution is 6.31. The van der Waals surface area contributed by atoms with Crippen molar-refractivity contribution in [2.45, 2.75) is 20.5 Å². The maximum absolute atomic E-state index is 6.24. The fraction of sp³-hybridized carbons (Fsp3) is 0.150. The fourth-order valence-corrected chi connectivity index (χ4v) is 2.91. The van der Waals surface area contributed by atoms with Gasteiger partial charge in [-0.3, -0.25) is 0 Å². The van der Waals surface area contributed by atoms with Gasteiger partial charge in [0.15, 0.2) is 0 Å². The van der Waals surface area contributed by atoms with E-state index >= 15 is 0 Å². The zero-order valence-corrected chi connectivity index (χ0v) is 15.6. The van der Waals surface area contributed by atoms with E-state index in [-0.39, 0.29) is 0 Å². The Hall–Kier alpha value is -2.23. The summed E-state index contributed by atoms with van der Waals surface area (Å²) in [6.45, 7) is 4.56. The third kappa shape index (κ3) is 4.25. The minimum Gasteiger partial charge on any atom is -0.488 e. The van der Waals surface area contributed by atoms with Crippen LogP contribution in [0, 0.1) is 0 Å². The van der Waals surface area contributed by atoms with Gasteiger partial charge in [-0.25, -0.2) is 4.98 Å². The molecule has 0 aliphatic heterocycles. The molecule has 0 saturated heterocycles. The maximum atomic E-state index is 6.24. The Morgan fingerprint density at radius 1 is 1.04 bits per heavy atom. The molecule has 0 radical (unpaired) electrons. The summed E-state index contributed by atoms with van der Waals surface area (Å²) in [5.41, 5.74) is 4.12. The van der Waals surface area contributed by atoms with Crippen LogP contribution in [0.25, 0.3) is 5.70 Å². The molecule has 1 aromatic heterocycles. The van der Waals surface area contributed by atoms with Crippen LogP contribution in [0.5, 0.6) is 5.75 Å². The first-order valence-electron chi connectivity index (χ1n) is 7.87. The first-order valence-corrected chi connectivity index (χ1v) is 8.63. The average Bonchev–Trinajstić information content (AvgIpc) is 3.09. The van der Waals surface area contributed by atoms with Crippen molar-refractivity contribution in [3.8, 4) is 5.75 Å². The van der Waals surface area contributed by atoms with Crippen LogP contribution in [-0.4, -0.2) is 9.55 Å². The molecule has 2 aromatic carbocycles. The van der Waals surface area contributed by atoms with E-state index in [1.165, 1.54) is 0 Å². The number of aromatic nitrogens is 2. The van der Waals surface area contributed by atoms with Crippen molar-refractivity contribution in [3.63, 3.8) is 0 Å². The van der Waals surface area contributed by atoms with Crippen molar-refractivity contribution >= 4 is 28.9 Å². The van der Waals surface area contributed by atoms with Crippen LogP contribution in [0.15, 0.2) is 66.8 Å². The molecule has 0 unspecified atom stereocenters. The number of allylic oxidation sites excluding steroid dienone is 1. The molecule has 3 aromatic rings. The highest BCUT2D eigenvalue weighted by Gasteiger charge is 2.13. The second kappa shape index (κ2) is 7.77. The second-order valence-electron chi connectivity index (χ2n) is 5.87. The first kappa shape index (κ1) is 17.6. The molecule has 25 heavy (non-hydrogen) atoms. The fourth-order valence-electron chi connectivity index (χ4n) is 2.61. The van der Waals surface area contributed by atoms with E-state index < -0.39 is 0 Å². The lowest BCUT2D eigenvalue weighted by atomic mass is 10.1. The van der Waals surface area contributed by atoms with Gasteiger partial charge in [0, 0.05) is 28.0 Å². The van der Waals surface area contributed by atoms with Crippen molar-refractivity contribution in [1.82, 2.24) is 9.55 Å². The van der Waals surface area contributed by atoms with Gasteiger partial charge in [-0.15, -0.1) is 0 Å². The van der Waals surface area contributed by atoms with Gasteiger partial charge in [-0.1, -0.05) is 40.9 Å². The van der Waals surface area contributed by atoms with Crippen molar-refractivity contribution in [2.24, 2.45) is 0 Å². The molecular weight excluding hydrogens is 355 g/mol. The predicted molar refractivity (Wildman–Crippen MR) is 103 cm³/mol. The predicted octanol–water partition coefficient (Wildman–Crippen LogP) is 6.07. The number of nitrogens with zero attached hydrogens (tertiary/aromatic N) is 2. The summed E-state index contributed by atoms with van der Waals surface area (Å²) >= 11 is 12.2. The molecule has 3 rings (SSSR count). The number of imidazole rings is 1. The van der Waals surface area contributed by atoms with E-state index in [0.717, 1.165) is 28.1 Å². The third-order valence-electron chi connectivity index (χ3n) is 3.74. The molecule has 0 spiro atoms. The Kier molecular flexibility index (Phi) is 5.47. The van der Waals surface area contributed by atoms with E-state index in [9.17, 15) is 0 Å². The van der Waals surface area contributed by atoms with Crippen molar-refractivity contribution in [2.75, 3.05) is 0 Å². The quantitative estimate of drug-likeness (QED) is 0.543. The molecular formula is C20H18Cl2N2O. The van der Waals surface area contributed by atoms with Gasteiger partial charge in [-0.2, -0.15) is 0 Å². The highest BCUT2D eigenvalue weighted by atomic mass is 35.5. The van der Waals surface area contributed by atoms with E-state index in [0.29, 0.717) is 16.7 Å². The van der Waals surface area contributed by atoms with Gasteiger partial charge in [0.1, 0.15) is 12.4 Å². The van der Waals surface area contributed by atoms with Crippen LogP contribution >= 0.6 is 23.2 Å². The number of ether oxygens (including phenoxy) is 1. The van der Waals surface area contributed by atoms with E-state index in [1.807, 2.05) is 53.2 Å². The van der Waals surface area contributed by atoms with Gasteiger partial charge >= 0.3 is 0 Å². The molecule has 1 heterocycles.